The van der Waals surface area contributed by atoms with E-state index in [4.69, 9.17) is 9.47 Å². The van der Waals surface area contributed by atoms with E-state index in [0.717, 1.165) is 10.8 Å². The van der Waals surface area contributed by atoms with Crippen LogP contribution >= 0.6 is 0 Å². The summed E-state index contributed by atoms with van der Waals surface area (Å²) in [6, 6.07) is 2.61. The van der Waals surface area contributed by atoms with Gasteiger partial charge < -0.3 is 14.0 Å². The predicted octanol–water partition coefficient (Wildman–Crippen LogP) is 0.105. The molecular weight excluding hydrogens is 378 g/mol. The normalized spacial score (nSPS) is 11.1. The van der Waals surface area contributed by atoms with Crippen LogP contribution in [0.5, 0.6) is 11.5 Å². The van der Waals surface area contributed by atoms with Crippen molar-refractivity contribution in [1.29, 1.82) is 0 Å². The molecule has 0 aliphatic carbocycles. The lowest BCUT2D eigenvalue weighted by atomic mass is 10.1. The Morgan fingerprint density at radius 3 is 2.15 bits per heavy atom. The summed E-state index contributed by atoms with van der Waals surface area (Å²) in [5, 5.41) is 0. The van der Waals surface area contributed by atoms with Crippen LogP contribution < -0.4 is 25.4 Å². The molecule has 11 heteroatoms. The van der Waals surface area contributed by atoms with E-state index < -0.39 is 32.0 Å². The van der Waals surface area contributed by atoms with Crippen molar-refractivity contribution in [2.24, 2.45) is 14.1 Å². The van der Waals surface area contributed by atoms with Gasteiger partial charge in [-0.25, -0.2) is 13.2 Å². The zero-order valence-electron chi connectivity index (χ0n) is 15.4. The van der Waals surface area contributed by atoms with Crippen molar-refractivity contribution in [3.63, 3.8) is 0 Å². The van der Waals surface area contributed by atoms with Gasteiger partial charge in [0.1, 0.15) is 0 Å². The quantitative estimate of drug-likeness (QED) is 0.686. The molecule has 27 heavy (non-hydrogen) atoms. The van der Waals surface area contributed by atoms with Crippen LogP contribution in [0.1, 0.15) is 17.3 Å². The Morgan fingerprint density at radius 1 is 1.07 bits per heavy atom. The zero-order chi connectivity index (χ0) is 20.5. The molecular formula is C16H19N3O7S. The second kappa shape index (κ2) is 7.27. The third-order valence-corrected chi connectivity index (χ3v) is 5.20. The van der Waals surface area contributed by atoms with E-state index in [-0.39, 0.29) is 22.7 Å². The van der Waals surface area contributed by atoms with Crippen molar-refractivity contribution in [3.8, 4) is 11.5 Å². The van der Waals surface area contributed by atoms with Crippen LogP contribution in [-0.2, 0) is 24.1 Å². The van der Waals surface area contributed by atoms with E-state index in [1.807, 2.05) is 0 Å². The van der Waals surface area contributed by atoms with Gasteiger partial charge in [0.25, 0.3) is 15.6 Å². The third kappa shape index (κ3) is 3.72. The Morgan fingerprint density at radius 2 is 1.63 bits per heavy atom. The number of rotatable bonds is 6. The molecule has 0 spiro atoms. The summed E-state index contributed by atoms with van der Waals surface area (Å²) in [7, 11) is 0.816. The van der Waals surface area contributed by atoms with Gasteiger partial charge in [-0.1, -0.05) is 0 Å². The van der Waals surface area contributed by atoms with E-state index in [2.05, 4.69) is 4.72 Å². The predicted molar refractivity (Wildman–Crippen MR) is 97.3 cm³/mol. The smallest absolute Gasteiger partial charge is 0.330 e. The maximum Gasteiger partial charge on any atom is 0.330 e. The van der Waals surface area contributed by atoms with Crippen LogP contribution in [0.4, 0.5) is 5.69 Å². The molecule has 0 bridgehead atoms. The molecule has 0 saturated carbocycles. The molecule has 0 aliphatic rings. The highest BCUT2D eigenvalue weighted by molar-refractivity contribution is 7.92. The molecule has 0 radical (unpaired) electrons. The third-order valence-electron chi connectivity index (χ3n) is 3.85. The first-order chi connectivity index (χ1) is 12.5. The van der Waals surface area contributed by atoms with Gasteiger partial charge in [0.15, 0.2) is 22.2 Å². The van der Waals surface area contributed by atoms with Crippen molar-refractivity contribution in [1.82, 2.24) is 9.13 Å². The number of aromatic nitrogens is 2. The summed E-state index contributed by atoms with van der Waals surface area (Å²) in [4.78, 5) is 35.3. The molecule has 10 nitrogen and oxygen atoms in total. The van der Waals surface area contributed by atoms with Gasteiger partial charge in [0.2, 0.25) is 0 Å². The number of benzene rings is 1. The summed E-state index contributed by atoms with van der Waals surface area (Å²) >= 11 is 0. The summed E-state index contributed by atoms with van der Waals surface area (Å²) in [5.41, 5.74) is -1.72. The van der Waals surface area contributed by atoms with E-state index >= 15 is 0 Å². The lowest BCUT2D eigenvalue weighted by molar-refractivity contribution is 0.101. The van der Waals surface area contributed by atoms with Gasteiger partial charge in [0.05, 0.1) is 19.9 Å². The highest BCUT2D eigenvalue weighted by Crippen LogP contribution is 2.34. The summed E-state index contributed by atoms with van der Waals surface area (Å²) in [6.07, 6.45) is 0.918. The van der Waals surface area contributed by atoms with E-state index in [0.29, 0.717) is 4.57 Å². The molecule has 1 aromatic carbocycles. The lowest BCUT2D eigenvalue weighted by Crippen LogP contribution is -2.40. The van der Waals surface area contributed by atoms with E-state index in [1.165, 1.54) is 47.4 Å². The largest absolute Gasteiger partial charge is 0.493 e. The Hall–Kier alpha value is -3.08. The number of methoxy groups -OCH3 is 2. The molecule has 2 aromatic rings. The van der Waals surface area contributed by atoms with Gasteiger partial charge in [-0.05, 0) is 13.0 Å². The number of nitrogens with zero attached hydrogens (tertiary/aromatic N) is 2. The average Bonchev–Trinajstić information content (AvgIpc) is 2.61. The number of ketones is 1. The van der Waals surface area contributed by atoms with E-state index in [1.54, 1.807) is 0 Å². The molecule has 1 aromatic heterocycles. The van der Waals surface area contributed by atoms with Crippen LogP contribution in [0.2, 0.25) is 0 Å². The number of carbonyl (C=O) groups is 1. The highest BCUT2D eigenvalue weighted by Gasteiger charge is 2.24. The Labute approximate surface area is 155 Å². The zero-order valence-corrected chi connectivity index (χ0v) is 16.2. The molecule has 0 aliphatic heterocycles. The molecule has 1 N–H and O–H groups in total. The SMILES string of the molecule is COc1cc(NS(=O)(=O)c2cn(C)c(=O)n(C)c2=O)c(C(C)=O)cc1OC. The first-order valence-electron chi connectivity index (χ1n) is 7.60. The van der Waals surface area contributed by atoms with Gasteiger partial charge >= 0.3 is 5.69 Å². The summed E-state index contributed by atoms with van der Waals surface area (Å²) in [5.74, 6) is -0.000693. The molecule has 0 unspecified atom stereocenters. The van der Waals surface area contributed by atoms with Gasteiger partial charge in [-0.3, -0.25) is 18.9 Å². The first-order valence-corrected chi connectivity index (χ1v) is 9.08. The van der Waals surface area contributed by atoms with Crippen LogP contribution in [-0.4, -0.2) is 37.6 Å². The number of sulfonamides is 1. The van der Waals surface area contributed by atoms with Crippen LogP contribution in [0.3, 0.4) is 0 Å². The minimum absolute atomic E-state index is 0.0258. The van der Waals surface area contributed by atoms with Crippen LogP contribution in [0, 0.1) is 0 Å². The number of Topliss-reactive ketones (excluding diaryl/α,β-unsaturated/α-hetero) is 1. The second-order valence-electron chi connectivity index (χ2n) is 5.67. The topological polar surface area (TPSA) is 126 Å². The van der Waals surface area contributed by atoms with Crippen molar-refractivity contribution < 1.29 is 22.7 Å². The fourth-order valence-corrected chi connectivity index (χ4v) is 3.65. The molecule has 2 rings (SSSR count). The van der Waals surface area contributed by atoms with Crippen LogP contribution in [0.25, 0.3) is 0 Å². The van der Waals surface area contributed by atoms with Gasteiger partial charge in [-0.2, -0.15) is 0 Å². The number of aryl methyl sites for hydroxylation is 1. The molecule has 0 saturated heterocycles. The molecule has 0 atom stereocenters. The average molecular weight is 397 g/mol. The lowest BCUT2D eigenvalue weighted by Gasteiger charge is -2.15. The monoisotopic (exact) mass is 397 g/mol. The Bertz CT molecular complexity index is 1130. The van der Waals surface area contributed by atoms with Gasteiger partial charge in [-0.15, -0.1) is 0 Å². The summed E-state index contributed by atoms with van der Waals surface area (Å²) in [6.45, 7) is 1.25. The van der Waals surface area contributed by atoms with Crippen molar-refractivity contribution >= 4 is 21.5 Å². The number of hydrogen-bond donors (Lipinski definition) is 1. The number of ether oxygens (including phenoxy) is 2. The van der Waals surface area contributed by atoms with E-state index in [9.17, 15) is 22.8 Å². The summed E-state index contributed by atoms with van der Waals surface area (Å²) < 4.78 is 39.6. The standard InChI is InChI=1S/C16H19N3O7S/c1-9(20)10-6-12(25-4)13(26-5)7-11(10)17-27(23,24)14-8-18(2)16(22)19(3)15(14)21/h6-8,17H,1-5H3. The molecule has 0 amide bonds. The first kappa shape index (κ1) is 20.2. The number of hydrogen-bond acceptors (Lipinski definition) is 7. The minimum atomic E-state index is -4.40. The fraction of sp³-hybridized carbons (Fsp3) is 0.312. The van der Waals surface area contributed by atoms with Gasteiger partial charge in [0, 0.05) is 31.9 Å². The second-order valence-corrected chi connectivity index (χ2v) is 7.32. The Balaban J connectivity index is 2.67. The van der Waals surface area contributed by atoms with Crippen molar-refractivity contribution in [3.05, 3.63) is 44.7 Å². The van der Waals surface area contributed by atoms with Crippen LogP contribution in [0.15, 0.2) is 32.8 Å². The maximum absolute atomic E-state index is 12.7. The molecule has 1 heterocycles. The number of nitrogens with one attached hydrogen (secondary N) is 1. The van der Waals surface area contributed by atoms with Crippen molar-refractivity contribution in [2.45, 2.75) is 11.8 Å². The maximum atomic E-state index is 12.7. The number of carbonyl (C=O) groups excluding carboxylic acids is 1. The minimum Gasteiger partial charge on any atom is -0.493 e. The highest BCUT2D eigenvalue weighted by atomic mass is 32.2. The number of anilines is 1. The van der Waals surface area contributed by atoms with Crippen molar-refractivity contribution in [2.75, 3.05) is 18.9 Å². The fourth-order valence-electron chi connectivity index (χ4n) is 2.41. The molecule has 0 fully saturated rings. The Kier molecular flexibility index (Phi) is 5.45. The molecule has 146 valence electrons.